The average molecular weight is 371 g/mol. The fraction of sp³-hybridized carbons (Fsp3) is 0.652. The predicted molar refractivity (Wildman–Crippen MR) is 108 cm³/mol. The van der Waals surface area contributed by atoms with Crippen LogP contribution in [0.2, 0.25) is 0 Å². The van der Waals surface area contributed by atoms with Gasteiger partial charge in [-0.05, 0) is 55.6 Å². The van der Waals surface area contributed by atoms with Gasteiger partial charge in [0.15, 0.2) is 0 Å². The van der Waals surface area contributed by atoms with Crippen LogP contribution in [0.5, 0.6) is 0 Å². The summed E-state index contributed by atoms with van der Waals surface area (Å²) in [5.41, 5.74) is 2.59. The molecule has 0 bridgehead atoms. The van der Waals surface area contributed by atoms with Gasteiger partial charge in [-0.3, -0.25) is 9.59 Å². The van der Waals surface area contributed by atoms with Crippen molar-refractivity contribution in [2.24, 2.45) is 11.8 Å². The topological polar surface area (TPSA) is 49.4 Å². The molecule has 4 nitrogen and oxygen atoms in total. The van der Waals surface area contributed by atoms with Crippen LogP contribution >= 0.6 is 0 Å². The third kappa shape index (κ3) is 5.82. The molecule has 4 heteroatoms. The van der Waals surface area contributed by atoms with Gasteiger partial charge in [0.25, 0.3) is 0 Å². The molecule has 148 valence electrons. The summed E-state index contributed by atoms with van der Waals surface area (Å²) >= 11 is 0. The number of carbonyl (C=O) groups is 2. The number of hydrogen-bond acceptors (Lipinski definition) is 2. The molecule has 1 aromatic carbocycles. The Balaban J connectivity index is 1.42. The van der Waals surface area contributed by atoms with Gasteiger partial charge >= 0.3 is 0 Å². The lowest BCUT2D eigenvalue weighted by atomic mass is 9.86. The molecule has 0 atom stereocenters. The van der Waals surface area contributed by atoms with E-state index >= 15 is 0 Å². The zero-order valence-electron chi connectivity index (χ0n) is 16.7. The Morgan fingerprint density at radius 2 is 1.59 bits per heavy atom. The summed E-state index contributed by atoms with van der Waals surface area (Å²) in [4.78, 5) is 26.2. The van der Waals surface area contributed by atoms with Crippen molar-refractivity contribution in [1.29, 1.82) is 0 Å². The number of aryl methyl sites for hydroxylation is 1. The van der Waals surface area contributed by atoms with Crippen LogP contribution in [0.1, 0.15) is 62.5 Å². The molecule has 1 saturated heterocycles. The van der Waals surface area contributed by atoms with Crippen LogP contribution in [0.15, 0.2) is 24.3 Å². The quantitative estimate of drug-likeness (QED) is 0.829. The van der Waals surface area contributed by atoms with Gasteiger partial charge in [-0.1, -0.05) is 43.5 Å². The molecule has 0 radical (unpaired) electrons. The van der Waals surface area contributed by atoms with Crippen LogP contribution in [0, 0.1) is 11.8 Å². The van der Waals surface area contributed by atoms with Gasteiger partial charge in [-0.15, -0.1) is 0 Å². The highest BCUT2D eigenvalue weighted by Crippen LogP contribution is 2.28. The first kappa shape index (κ1) is 19.9. The van der Waals surface area contributed by atoms with E-state index in [1.165, 1.54) is 30.4 Å². The second-order valence-corrected chi connectivity index (χ2v) is 8.30. The van der Waals surface area contributed by atoms with Crippen molar-refractivity contribution in [3.8, 4) is 0 Å². The smallest absolute Gasteiger partial charge is 0.225 e. The highest BCUT2D eigenvalue weighted by Gasteiger charge is 2.29. The molecule has 3 rings (SSSR count). The van der Waals surface area contributed by atoms with Crippen molar-refractivity contribution in [2.45, 2.75) is 64.2 Å². The number of piperidine rings is 1. The van der Waals surface area contributed by atoms with Crippen LogP contribution in [0.25, 0.3) is 0 Å². The maximum Gasteiger partial charge on any atom is 0.225 e. The van der Waals surface area contributed by atoms with Gasteiger partial charge in [-0.2, -0.15) is 0 Å². The summed E-state index contributed by atoms with van der Waals surface area (Å²) in [7, 11) is 1.68. The molecule has 1 N–H and O–H groups in total. The number of likely N-dealkylation sites (tertiary alicyclic amines) is 1. The molecule has 2 amide bonds. The van der Waals surface area contributed by atoms with E-state index in [-0.39, 0.29) is 5.91 Å². The van der Waals surface area contributed by atoms with Gasteiger partial charge in [-0.25, -0.2) is 0 Å². The predicted octanol–water partition coefficient (Wildman–Crippen LogP) is 3.73. The Labute approximate surface area is 163 Å². The van der Waals surface area contributed by atoms with Crippen LogP contribution in [-0.2, 0) is 22.4 Å². The molecule has 2 fully saturated rings. The van der Waals surface area contributed by atoms with Crippen LogP contribution in [-0.4, -0.2) is 36.9 Å². The molecule has 1 aliphatic heterocycles. The lowest BCUT2D eigenvalue weighted by Crippen LogP contribution is -2.42. The van der Waals surface area contributed by atoms with Crippen LogP contribution in [0.4, 0.5) is 0 Å². The van der Waals surface area contributed by atoms with E-state index in [1.807, 2.05) is 0 Å². The fourth-order valence-corrected chi connectivity index (χ4v) is 4.52. The highest BCUT2D eigenvalue weighted by molar-refractivity contribution is 5.79. The van der Waals surface area contributed by atoms with Gasteiger partial charge in [0.05, 0.1) is 0 Å². The highest BCUT2D eigenvalue weighted by atomic mass is 16.2. The second kappa shape index (κ2) is 9.91. The zero-order valence-corrected chi connectivity index (χ0v) is 16.7. The molecule has 0 aromatic heterocycles. The Morgan fingerprint density at radius 1 is 0.963 bits per heavy atom. The number of nitrogens with one attached hydrogen (secondary N) is 1. The molecule has 1 aliphatic carbocycles. The molecule has 0 spiro atoms. The summed E-state index contributed by atoms with van der Waals surface area (Å²) < 4.78 is 0. The van der Waals surface area contributed by atoms with E-state index in [1.54, 1.807) is 7.05 Å². The standard InChI is InChI=1S/C23H34N2O2/c1-24-22(26)12-11-18-7-9-19(10-8-18)17-20-13-15-25(16-14-20)23(27)21-5-3-2-4-6-21/h7-10,20-21H,2-6,11-17H2,1H3,(H,24,26). The molecule has 1 aromatic rings. The first-order valence-corrected chi connectivity index (χ1v) is 10.7. The van der Waals surface area contributed by atoms with E-state index in [4.69, 9.17) is 0 Å². The summed E-state index contributed by atoms with van der Waals surface area (Å²) in [5, 5.41) is 2.67. The fourth-order valence-electron chi connectivity index (χ4n) is 4.52. The SMILES string of the molecule is CNC(=O)CCc1ccc(CC2CCN(C(=O)C3CCCCC3)CC2)cc1. The van der Waals surface area contributed by atoms with Crippen molar-refractivity contribution < 1.29 is 9.59 Å². The summed E-state index contributed by atoms with van der Waals surface area (Å²) in [6.07, 6.45) is 10.6. The zero-order chi connectivity index (χ0) is 19.1. The monoisotopic (exact) mass is 370 g/mol. The molecular weight excluding hydrogens is 336 g/mol. The number of amides is 2. The Bertz CT molecular complexity index is 612. The number of benzene rings is 1. The van der Waals surface area contributed by atoms with Gasteiger partial charge < -0.3 is 10.2 Å². The third-order valence-electron chi connectivity index (χ3n) is 6.35. The van der Waals surface area contributed by atoms with Crippen LogP contribution in [0.3, 0.4) is 0 Å². The van der Waals surface area contributed by atoms with Crippen LogP contribution < -0.4 is 5.32 Å². The molecule has 2 aliphatic rings. The van der Waals surface area contributed by atoms with Crippen molar-refractivity contribution in [2.75, 3.05) is 20.1 Å². The number of carbonyl (C=O) groups excluding carboxylic acids is 2. The summed E-state index contributed by atoms with van der Waals surface area (Å²) in [6, 6.07) is 8.72. The van der Waals surface area contributed by atoms with E-state index in [2.05, 4.69) is 34.5 Å². The van der Waals surface area contributed by atoms with Gasteiger partial charge in [0.1, 0.15) is 0 Å². The maximum absolute atomic E-state index is 12.7. The number of nitrogens with zero attached hydrogens (tertiary/aromatic N) is 1. The average Bonchev–Trinajstić information content (AvgIpc) is 2.73. The van der Waals surface area contributed by atoms with Gasteiger partial charge in [0, 0.05) is 32.5 Å². The van der Waals surface area contributed by atoms with E-state index < -0.39 is 0 Å². The van der Waals surface area contributed by atoms with Crippen molar-refractivity contribution in [1.82, 2.24) is 10.2 Å². The molecular formula is C23H34N2O2. The Hall–Kier alpha value is -1.84. The minimum Gasteiger partial charge on any atom is -0.359 e. The first-order chi connectivity index (χ1) is 13.2. The minimum absolute atomic E-state index is 0.0913. The maximum atomic E-state index is 12.7. The molecule has 0 unspecified atom stereocenters. The lowest BCUT2D eigenvalue weighted by molar-refractivity contribution is -0.138. The number of rotatable bonds is 6. The lowest BCUT2D eigenvalue weighted by Gasteiger charge is -2.35. The Kier molecular flexibility index (Phi) is 7.31. The van der Waals surface area contributed by atoms with E-state index in [0.717, 1.165) is 51.6 Å². The normalized spacial score (nSPS) is 19.1. The van der Waals surface area contributed by atoms with E-state index in [0.29, 0.717) is 24.2 Å². The van der Waals surface area contributed by atoms with Crippen molar-refractivity contribution in [3.05, 3.63) is 35.4 Å². The minimum atomic E-state index is 0.0913. The molecule has 1 saturated carbocycles. The molecule has 27 heavy (non-hydrogen) atoms. The number of hydrogen-bond donors (Lipinski definition) is 1. The van der Waals surface area contributed by atoms with Crippen molar-refractivity contribution >= 4 is 11.8 Å². The molecule has 1 heterocycles. The summed E-state index contributed by atoms with van der Waals surface area (Å²) in [6.45, 7) is 1.87. The van der Waals surface area contributed by atoms with E-state index in [9.17, 15) is 9.59 Å². The third-order valence-corrected chi connectivity index (χ3v) is 6.35. The first-order valence-electron chi connectivity index (χ1n) is 10.7. The second-order valence-electron chi connectivity index (χ2n) is 8.30. The largest absolute Gasteiger partial charge is 0.359 e. The van der Waals surface area contributed by atoms with Gasteiger partial charge in [0.2, 0.25) is 11.8 Å². The van der Waals surface area contributed by atoms with Crippen molar-refractivity contribution in [3.63, 3.8) is 0 Å². The summed E-state index contributed by atoms with van der Waals surface area (Å²) in [5.74, 6) is 1.50. The Morgan fingerprint density at radius 3 is 2.22 bits per heavy atom.